The minimum Gasteiger partial charge on any atom is -0.467 e. The fourth-order valence-corrected chi connectivity index (χ4v) is 1.41. The molecule has 5 nitrogen and oxygen atoms in total. The molecule has 0 aliphatic rings. The van der Waals surface area contributed by atoms with Crippen molar-refractivity contribution in [3.8, 4) is 0 Å². The molecule has 0 aliphatic carbocycles. The maximum Gasteiger partial charge on any atom is 0.333 e. The first kappa shape index (κ1) is 13.0. The molecule has 1 rings (SSSR count). The number of aliphatic imine (C=N–C) groups is 1. The van der Waals surface area contributed by atoms with E-state index in [-0.39, 0.29) is 5.96 Å². The van der Waals surface area contributed by atoms with Crippen molar-refractivity contribution in [2.45, 2.75) is 13.0 Å². The Hall–Kier alpha value is -2.04. The topological polar surface area (TPSA) is 76.7 Å². The van der Waals surface area contributed by atoms with E-state index in [0.717, 1.165) is 5.56 Å². The Morgan fingerprint density at radius 2 is 2.12 bits per heavy atom. The lowest BCUT2D eigenvalue weighted by Gasteiger charge is -2.17. The van der Waals surface area contributed by atoms with Gasteiger partial charge < -0.3 is 15.8 Å². The SMILES string of the molecule is CCN=C(N)NC(C(=O)OC)c1ccccc1. The monoisotopic (exact) mass is 235 g/mol. The van der Waals surface area contributed by atoms with Crippen molar-refractivity contribution in [2.75, 3.05) is 13.7 Å². The van der Waals surface area contributed by atoms with Crippen LogP contribution < -0.4 is 11.1 Å². The molecule has 0 aliphatic heterocycles. The summed E-state index contributed by atoms with van der Waals surface area (Å²) in [7, 11) is 1.34. The summed E-state index contributed by atoms with van der Waals surface area (Å²) in [5, 5.41) is 2.84. The van der Waals surface area contributed by atoms with Crippen LogP contribution in [0, 0.1) is 0 Å². The number of rotatable bonds is 4. The number of esters is 1. The lowest BCUT2D eigenvalue weighted by Crippen LogP contribution is -2.39. The molecule has 1 unspecified atom stereocenters. The van der Waals surface area contributed by atoms with Gasteiger partial charge in [-0.15, -0.1) is 0 Å². The molecule has 0 saturated heterocycles. The van der Waals surface area contributed by atoms with Gasteiger partial charge in [0.05, 0.1) is 7.11 Å². The fraction of sp³-hybridized carbons (Fsp3) is 0.333. The van der Waals surface area contributed by atoms with Crippen LogP contribution in [-0.4, -0.2) is 25.6 Å². The van der Waals surface area contributed by atoms with Crippen LogP contribution in [0.1, 0.15) is 18.5 Å². The van der Waals surface area contributed by atoms with E-state index in [1.807, 2.05) is 37.3 Å². The highest BCUT2D eigenvalue weighted by molar-refractivity contribution is 5.86. The van der Waals surface area contributed by atoms with Crippen LogP contribution in [-0.2, 0) is 9.53 Å². The van der Waals surface area contributed by atoms with E-state index < -0.39 is 12.0 Å². The summed E-state index contributed by atoms with van der Waals surface area (Å²) >= 11 is 0. The third-order valence-electron chi connectivity index (χ3n) is 2.19. The fourth-order valence-electron chi connectivity index (χ4n) is 1.41. The van der Waals surface area contributed by atoms with Crippen LogP contribution in [0.4, 0.5) is 0 Å². The van der Waals surface area contributed by atoms with Crippen LogP contribution in [0.3, 0.4) is 0 Å². The highest BCUT2D eigenvalue weighted by Crippen LogP contribution is 2.13. The standard InChI is InChI=1S/C12H17N3O2/c1-3-14-12(13)15-10(11(16)17-2)9-7-5-4-6-8-9/h4-8,10H,3H2,1-2H3,(H3,13,14,15). The molecule has 0 spiro atoms. The molecule has 1 aromatic rings. The Kier molecular flexibility index (Phi) is 5.00. The largest absolute Gasteiger partial charge is 0.467 e. The lowest BCUT2D eigenvalue weighted by molar-refractivity contribution is -0.142. The van der Waals surface area contributed by atoms with E-state index in [1.165, 1.54) is 7.11 Å². The summed E-state index contributed by atoms with van der Waals surface area (Å²) in [6, 6.07) is 8.60. The summed E-state index contributed by atoms with van der Waals surface area (Å²) in [5.41, 5.74) is 6.43. The molecule has 0 saturated carbocycles. The van der Waals surface area contributed by atoms with E-state index >= 15 is 0 Å². The van der Waals surface area contributed by atoms with Gasteiger partial charge >= 0.3 is 5.97 Å². The number of nitrogens with zero attached hydrogens (tertiary/aromatic N) is 1. The normalized spacial score (nSPS) is 12.9. The third-order valence-corrected chi connectivity index (χ3v) is 2.19. The van der Waals surface area contributed by atoms with Crippen LogP contribution in [0.2, 0.25) is 0 Å². The molecule has 0 aromatic heterocycles. The number of nitrogens with one attached hydrogen (secondary N) is 1. The van der Waals surface area contributed by atoms with Gasteiger partial charge in [0, 0.05) is 6.54 Å². The molecule has 3 N–H and O–H groups in total. The van der Waals surface area contributed by atoms with Crippen molar-refractivity contribution in [3.63, 3.8) is 0 Å². The van der Waals surface area contributed by atoms with Gasteiger partial charge in [-0.1, -0.05) is 30.3 Å². The van der Waals surface area contributed by atoms with Crippen LogP contribution in [0.15, 0.2) is 35.3 Å². The summed E-state index contributed by atoms with van der Waals surface area (Å²) in [6.07, 6.45) is 0. The first-order chi connectivity index (χ1) is 8.19. The molecule has 0 amide bonds. The van der Waals surface area contributed by atoms with Crippen molar-refractivity contribution in [2.24, 2.45) is 10.7 Å². The predicted octanol–water partition coefficient (Wildman–Crippen LogP) is 0.825. The third kappa shape index (κ3) is 3.79. The smallest absolute Gasteiger partial charge is 0.333 e. The van der Waals surface area contributed by atoms with Crippen LogP contribution in [0.25, 0.3) is 0 Å². The van der Waals surface area contributed by atoms with Gasteiger partial charge in [0.25, 0.3) is 0 Å². The van der Waals surface area contributed by atoms with Crippen LogP contribution in [0.5, 0.6) is 0 Å². The highest BCUT2D eigenvalue weighted by atomic mass is 16.5. The molecule has 0 fully saturated rings. The molecular weight excluding hydrogens is 218 g/mol. The predicted molar refractivity (Wildman–Crippen MR) is 66.5 cm³/mol. The van der Waals surface area contributed by atoms with E-state index in [0.29, 0.717) is 6.54 Å². The number of hydrogen-bond donors (Lipinski definition) is 2. The number of guanidine groups is 1. The van der Waals surface area contributed by atoms with Crippen molar-refractivity contribution >= 4 is 11.9 Å². The number of carbonyl (C=O) groups excluding carboxylic acids is 1. The van der Waals surface area contributed by atoms with Gasteiger partial charge in [-0.2, -0.15) is 0 Å². The van der Waals surface area contributed by atoms with Gasteiger partial charge in [0.2, 0.25) is 0 Å². The summed E-state index contributed by atoms with van der Waals surface area (Å²) in [4.78, 5) is 15.6. The number of ether oxygens (including phenoxy) is 1. The number of benzene rings is 1. The lowest BCUT2D eigenvalue weighted by atomic mass is 10.1. The molecule has 92 valence electrons. The number of carbonyl (C=O) groups is 1. The summed E-state index contributed by atoms with van der Waals surface area (Å²) < 4.78 is 4.73. The Balaban J connectivity index is 2.89. The first-order valence-corrected chi connectivity index (χ1v) is 5.38. The van der Waals surface area contributed by atoms with Crippen molar-refractivity contribution in [3.05, 3.63) is 35.9 Å². The van der Waals surface area contributed by atoms with Gasteiger partial charge in [0.15, 0.2) is 12.0 Å². The van der Waals surface area contributed by atoms with Gasteiger partial charge in [-0.3, -0.25) is 4.99 Å². The zero-order valence-corrected chi connectivity index (χ0v) is 10.0. The van der Waals surface area contributed by atoms with Crippen molar-refractivity contribution < 1.29 is 9.53 Å². The van der Waals surface area contributed by atoms with E-state index in [4.69, 9.17) is 10.5 Å². The molecular formula is C12H17N3O2. The van der Waals surface area contributed by atoms with Crippen molar-refractivity contribution in [1.29, 1.82) is 0 Å². The molecule has 5 heteroatoms. The summed E-state index contributed by atoms with van der Waals surface area (Å²) in [6.45, 7) is 2.42. The second-order valence-corrected chi connectivity index (χ2v) is 3.37. The maximum atomic E-state index is 11.7. The van der Waals surface area contributed by atoms with Gasteiger partial charge in [-0.05, 0) is 12.5 Å². The average molecular weight is 235 g/mol. The molecule has 0 bridgehead atoms. The second-order valence-electron chi connectivity index (χ2n) is 3.37. The van der Waals surface area contributed by atoms with E-state index in [9.17, 15) is 4.79 Å². The Morgan fingerprint density at radius 1 is 1.47 bits per heavy atom. The zero-order valence-electron chi connectivity index (χ0n) is 10.0. The maximum absolute atomic E-state index is 11.7. The molecule has 17 heavy (non-hydrogen) atoms. The quantitative estimate of drug-likeness (QED) is 0.460. The molecule has 1 atom stereocenters. The van der Waals surface area contributed by atoms with Crippen LogP contribution >= 0.6 is 0 Å². The number of nitrogens with two attached hydrogens (primary N) is 1. The first-order valence-electron chi connectivity index (χ1n) is 5.38. The van der Waals surface area contributed by atoms with E-state index in [2.05, 4.69) is 10.3 Å². The molecule has 0 heterocycles. The Bertz CT molecular complexity index is 390. The minimum atomic E-state index is -0.628. The summed E-state index contributed by atoms with van der Waals surface area (Å²) in [5.74, 6) is -0.169. The molecule has 1 aromatic carbocycles. The van der Waals surface area contributed by atoms with Gasteiger partial charge in [-0.25, -0.2) is 4.79 Å². The van der Waals surface area contributed by atoms with E-state index in [1.54, 1.807) is 0 Å². The number of methoxy groups -OCH3 is 1. The Labute approximate surface area is 101 Å². The molecule has 0 radical (unpaired) electrons. The minimum absolute atomic E-state index is 0.228. The zero-order chi connectivity index (χ0) is 12.7. The second kappa shape index (κ2) is 6.52. The highest BCUT2D eigenvalue weighted by Gasteiger charge is 2.21. The van der Waals surface area contributed by atoms with Crippen molar-refractivity contribution in [1.82, 2.24) is 5.32 Å². The average Bonchev–Trinajstić information content (AvgIpc) is 2.36. The number of hydrogen-bond acceptors (Lipinski definition) is 3. The Morgan fingerprint density at radius 3 is 2.65 bits per heavy atom. The van der Waals surface area contributed by atoms with Gasteiger partial charge in [0.1, 0.15) is 0 Å².